The van der Waals surface area contributed by atoms with Gasteiger partial charge in [0, 0.05) is 29.3 Å². The lowest BCUT2D eigenvalue weighted by Crippen LogP contribution is -2.28. The Kier molecular flexibility index (Phi) is 4.70. The molecule has 1 heterocycles. The topological polar surface area (TPSA) is 54.5 Å². The molecule has 0 aliphatic carbocycles. The Morgan fingerprint density at radius 2 is 2.00 bits per heavy atom. The van der Waals surface area contributed by atoms with Gasteiger partial charge in [-0.3, -0.25) is 4.79 Å². The van der Waals surface area contributed by atoms with Crippen LogP contribution in [0.25, 0.3) is 0 Å². The normalized spacial score (nSPS) is 19.3. The largest absolute Gasteiger partial charge is 0.338 e. The minimum Gasteiger partial charge on any atom is -0.338 e. The Labute approximate surface area is 124 Å². The van der Waals surface area contributed by atoms with Gasteiger partial charge in [-0.15, -0.1) is 0 Å². The molecule has 1 unspecified atom stereocenters. The van der Waals surface area contributed by atoms with Gasteiger partial charge in [-0.05, 0) is 43.0 Å². The van der Waals surface area contributed by atoms with Gasteiger partial charge in [0.1, 0.15) is 0 Å². The van der Waals surface area contributed by atoms with Crippen molar-refractivity contribution in [1.29, 1.82) is 0 Å². The molecule has 0 aromatic heterocycles. The second-order valence-corrected chi connectivity index (χ2v) is 7.72. The molecule has 0 radical (unpaired) electrons. The molecule has 0 bridgehead atoms. The Morgan fingerprint density at radius 3 is 2.55 bits per heavy atom. The SMILES string of the molecule is CCCC1CCN(C(=O)c2ccc(S(=O)(=O)Cl)cc2)C1. The summed E-state index contributed by atoms with van der Waals surface area (Å²) in [6, 6.07) is 5.78. The van der Waals surface area contributed by atoms with Crippen LogP contribution in [-0.4, -0.2) is 32.3 Å². The second kappa shape index (κ2) is 6.14. The van der Waals surface area contributed by atoms with Crippen LogP contribution in [0, 0.1) is 5.92 Å². The van der Waals surface area contributed by atoms with E-state index in [0.717, 1.165) is 32.4 Å². The standard InChI is InChI=1S/C14H18ClNO3S/c1-2-3-11-8-9-16(10-11)14(17)12-4-6-13(7-5-12)20(15,18)19/h4-7,11H,2-3,8-10H2,1H3. The molecule has 4 nitrogen and oxygen atoms in total. The summed E-state index contributed by atoms with van der Waals surface area (Å²) in [5.41, 5.74) is 0.506. The number of hydrogen-bond donors (Lipinski definition) is 0. The lowest BCUT2D eigenvalue weighted by Gasteiger charge is -2.16. The molecule has 2 rings (SSSR count). The predicted octanol–water partition coefficient (Wildman–Crippen LogP) is 2.88. The molecule has 1 saturated heterocycles. The van der Waals surface area contributed by atoms with Gasteiger partial charge < -0.3 is 4.90 Å². The summed E-state index contributed by atoms with van der Waals surface area (Å²) in [5, 5.41) is 0. The fourth-order valence-electron chi connectivity index (χ4n) is 2.60. The number of rotatable bonds is 4. The molecule has 20 heavy (non-hydrogen) atoms. The van der Waals surface area contributed by atoms with E-state index in [2.05, 4.69) is 6.92 Å². The lowest BCUT2D eigenvalue weighted by atomic mass is 10.0. The van der Waals surface area contributed by atoms with Crippen molar-refractivity contribution in [1.82, 2.24) is 4.90 Å². The molecule has 1 fully saturated rings. The van der Waals surface area contributed by atoms with Crippen molar-refractivity contribution in [2.24, 2.45) is 5.92 Å². The summed E-state index contributed by atoms with van der Waals surface area (Å²) in [4.78, 5) is 14.2. The summed E-state index contributed by atoms with van der Waals surface area (Å²) < 4.78 is 22.3. The number of carbonyl (C=O) groups is 1. The molecular weight excluding hydrogens is 298 g/mol. The van der Waals surface area contributed by atoms with Crippen LogP contribution in [0.15, 0.2) is 29.2 Å². The first-order valence-electron chi connectivity index (χ1n) is 6.76. The van der Waals surface area contributed by atoms with Crippen molar-refractivity contribution < 1.29 is 13.2 Å². The zero-order valence-electron chi connectivity index (χ0n) is 11.4. The maximum absolute atomic E-state index is 12.3. The summed E-state index contributed by atoms with van der Waals surface area (Å²) in [7, 11) is 1.52. The van der Waals surface area contributed by atoms with E-state index in [-0.39, 0.29) is 10.8 Å². The van der Waals surface area contributed by atoms with Crippen molar-refractivity contribution in [2.75, 3.05) is 13.1 Å². The molecular formula is C14H18ClNO3S. The van der Waals surface area contributed by atoms with E-state index in [9.17, 15) is 13.2 Å². The first kappa shape index (κ1) is 15.3. The Bertz CT molecular complexity index is 583. The van der Waals surface area contributed by atoms with Gasteiger partial charge in [-0.2, -0.15) is 0 Å². The minimum atomic E-state index is -3.73. The van der Waals surface area contributed by atoms with Crippen LogP contribution in [-0.2, 0) is 9.05 Å². The van der Waals surface area contributed by atoms with Crippen LogP contribution >= 0.6 is 10.7 Å². The van der Waals surface area contributed by atoms with Crippen LogP contribution in [0.4, 0.5) is 0 Å². The molecule has 1 aliphatic rings. The predicted molar refractivity (Wildman–Crippen MR) is 78.4 cm³/mol. The second-order valence-electron chi connectivity index (χ2n) is 5.16. The van der Waals surface area contributed by atoms with E-state index in [1.54, 1.807) is 0 Å². The number of amides is 1. The highest BCUT2D eigenvalue weighted by atomic mass is 35.7. The van der Waals surface area contributed by atoms with Gasteiger partial charge in [0.05, 0.1) is 4.90 Å². The number of hydrogen-bond acceptors (Lipinski definition) is 3. The van der Waals surface area contributed by atoms with E-state index in [1.165, 1.54) is 24.3 Å². The number of halogens is 1. The fourth-order valence-corrected chi connectivity index (χ4v) is 3.37. The third-order valence-electron chi connectivity index (χ3n) is 3.65. The smallest absolute Gasteiger partial charge is 0.261 e. The van der Waals surface area contributed by atoms with Gasteiger partial charge in [-0.1, -0.05) is 13.3 Å². The van der Waals surface area contributed by atoms with Gasteiger partial charge >= 0.3 is 0 Å². The maximum atomic E-state index is 12.3. The number of carbonyl (C=O) groups excluding carboxylic acids is 1. The van der Waals surface area contributed by atoms with Crippen molar-refractivity contribution >= 4 is 25.6 Å². The van der Waals surface area contributed by atoms with E-state index in [4.69, 9.17) is 10.7 Å². The average Bonchev–Trinajstić information content (AvgIpc) is 2.86. The summed E-state index contributed by atoms with van der Waals surface area (Å²) >= 11 is 0. The minimum absolute atomic E-state index is 0.0148. The first-order valence-corrected chi connectivity index (χ1v) is 9.06. The molecule has 1 aromatic rings. The molecule has 6 heteroatoms. The van der Waals surface area contributed by atoms with Crippen LogP contribution in [0.1, 0.15) is 36.5 Å². The Hall–Kier alpha value is -1.07. The molecule has 110 valence electrons. The molecule has 0 spiro atoms. The van der Waals surface area contributed by atoms with Crippen molar-refractivity contribution in [2.45, 2.75) is 31.1 Å². The monoisotopic (exact) mass is 315 g/mol. The van der Waals surface area contributed by atoms with E-state index in [0.29, 0.717) is 11.5 Å². The molecule has 0 N–H and O–H groups in total. The van der Waals surface area contributed by atoms with Crippen LogP contribution in [0.3, 0.4) is 0 Å². The highest BCUT2D eigenvalue weighted by Gasteiger charge is 2.26. The van der Waals surface area contributed by atoms with Crippen molar-refractivity contribution in [3.63, 3.8) is 0 Å². The van der Waals surface area contributed by atoms with E-state index < -0.39 is 9.05 Å². The first-order chi connectivity index (χ1) is 9.41. The number of nitrogens with zero attached hydrogens (tertiary/aromatic N) is 1. The third kappa shape index (κ3) is 3.52. The molecule has 0 saturated carbocycles. The fraction of sp³-hybridized carbons (Fsp3) is 0.500. The molecule has 1 atom stereocenters. The molecule has 1 aromatic carbocycles. The molecule has 1 aliphatic heterocycles. The quantitative estimate of drug-likeness (QED) is 0.803. The van der Waals surface area contributed by atoms with Gasteiger partial charge in [0.25, 0.3) is 15.0 Å². The summed E-state index contributed by atoms with van der Waals surface area (Å²) in [6.07, 6.45) is 3.33. The average molecular weight is 316 g/mol. The zero-order chi connectivity index (χ0) is 14.8. The van der Waals surface area contributed by atoms with Gasteiger partial charge in [0.2, 0.25) is 0 Å². The highest BCUT2D eigenvalue weighted by molar-refractivity contribution is 8.13. The third-order valence-corrected chi connectivity index (χ3v) is 5.02. The van der Waals surface area contributed by atoms with Crippen LogP contribution in [0.2, 0.25) is 0 Å². The van der Waals surface area contributed by atoms with Gasteiger partial charge in [-0.25, -0.2) is 8.42 Å². The van der Waals surface area contributed by atoms with Crippen molar-refractivity contribution in [3.05, 3.63) is 29.8 Å². The van der Waals surface area contributed by atoms with Crippen LogP contribution < -0.4 is 0 Å². The molecule has 1 amide bonds. The van der Waals surface area contributed by atoms with E-state index in [1.807, 2.05) is 4.90 Å². The van der Waals surface area contributed by atoms with Crippen molar-refractivity contribution in [3.8, 4) is 0 Å². The highest BCUT2D eigenvalue weighted by Crippen LogP contribution is 2.23. The number of benzene rings is 1. The lowest BCUT2D eigenvalue weighted by molar-refractivity contribution is 0.0786. The zero-order valence-corrected chi connectivity index (χ0v) is 13.0. The van der Waals surface area contributed by atoms with E-state index >= 15 is 0 Å². The Morgan fingerprint density at radius 1 is 1.35 bits per heavy atom. The number of likely N-dealkylation sites (tertiary alicyclic amines) is 1. The van der Waals surface area contributed by atoms with Gasteiger partial charge in [0.15, 0.2) is 0 Å². The maximum Gasteiger partial charge on any atom is 0.261 e. The Balaban J connectivity index is 2.07. The summed E-state index contributed by atoms with van der Waals surface area (Å²) in [5.74, 6) is 0.550. The van der Waals surface area contributed by atoms with Crippen LogP contribution in [0.5, 0.6) is 0 Å². The summed E-state index contributed by atoms with van der Waals surface area (Å²) in [6.45, 7) is 3.72.